The van der Waals surface area contributed by atoms with E-state index in [0.29, 0.717) is 19.4 Å². The maximum absolute atomic E-state index is 12.7. The molecule has 0 spiro atoms. The first-order chi connectivity index (χ1) is 6.72. The first kappa shape index (κ1) is 12.8. The van der Waals surface area contributed by atoms with Gasteiger partial charge in [0.2, 0.25) is 0 Å². The molecule has 1 fully saturated rings. The monoisotopic (exact) mass is 224 g/mol. The minimum absolute atomic E-state index is 0.0699. The van der Waals surface area contributed by atoms with Crippen molar-refractivity contribution in [1.82, 2.24) is 0 Å². The van der Waals surface area contributed by atoms with E-state index in [2.05, 4.69) is 0 Å². The third-order valence-electron chi connectivity index (χ3n) is 3.74. The van der Waals surface area contributed by atoms with Crippen LogP contribution >= 0.6 is 0 Å². The second-order valence-electron chi connectivity index (χ2n) is 5.30. The molecule has 1 nitrogen and oxygen atoms in total. The number of methoxy groups -OCH3 is 1. The van der Waals surface area contributed by atoms with Gasteiger partial charge in [0.15, 0.2) is 0 Å². The van der Waals surface area contributed by atoms with E-state index in [-0.39, 0.29) is 18.3 Å². The molecule has 4 heteroatoms. The van der Waals surface area contributed by atoms with Crippen molar-refractivity contribution in [3.8, 4) is 0 Å². The van der Waals surface area contributed by atoms with Crippen LogP contribution in [0.3, 0.4) is 0 Å². The minimum atomic E-state index is -4.07. The molecule has 0 aromatic carbocycles. The molecule has 1 rings (SSSR count). The fourth-order valence-electron chi connectivity index (χ4n) is 2.18. The highest BCUT2D eigenvalue weighted by Gasteiger charge is 2.53. The molecule has 90 valence electrons. The van der Waals surface area contributed by atoms with Gasteiger partial charge in [-0.3, -0.25) is 0 Å². The molecule has 0 aromatic rings. The van der Waals surface area contributed by atoms with Gasteiger partial charge in [0.1, 0.15) is 0 Å². The Labute approximate surface area is 89.0 Å². The Morgan fingerprint density at radius 2 is 1.53 bits per heavy atom. The summed E-state index contributed by atoms with van der Waals surface area (Å²) >= 11 is 0. The fourth-order valence-corrected chi connectivity index (χ4v) is 2.18. The van der Waals surface area contributed by atoms with Crippen LogP contribution < -0.4 is 0 Å². The van der Waals surface area contributed by atoms with Crippen LogP contribution in [0.5, 0.6) is 0 Å². The molecule has 0 aromatic heterocycles. The first-order valence-electron chi connectivity index (χ1n) is 5.28. The summed E-state index contributed by atoms with van der Waals surface area (Å²) in [5.74, 6) is 0. The number of hydrogen-bond donors (Lipinski definition) is 0. The molecule has 0 saturated heterocycles. The number of rotatable bonds is 2. The Hall–Kier alpha value is -0.250. The van der Waals surface area contributed by atoms with Crippen LogP contribution in [-0.2, 0) is 4.74 Å². The van der Waals surface area contributed by atoms with E-state index in [1.54, 1.807) is 7.11 Å². The summed E-state index contributed by atoms with van der Waals surface area (Å²) in [5, 5.41) is 0. The molecule has 1 aliphatic carbocycles. The summed E-state index contributed by atoms with van der Waals surface area (Å²) in [6.07, 6.45) is -2.44. The van der Waals surface area contributed by atoms with Crippen molar-refractivity contribution in [3.63, 3.8) is 0 Å². The van der Waals surface area contributed by atoms with Gasteiger partial charge in [-0.25, -0.2) is 0 Å². The van der Waals surface area contributed by atoms with Crippen LogP contribution in [0.4, 0.5) is 13.2 Å². The molecule has 15 heavy (non-hydrogen) atoms. The van der Waals surface area contributed by atoms with Crippen molar-refractivity contribution in [1.29, 1.82) is 0 Å². The standard InChI is InChI=1S/C11H19F3O/c1-9(8-15-3)4-6-10(2,7-5-9)11(12,13)14/h4-8H2,1-3H3/t9-,10+. The Balaban J connectivity index is 2.62. The molecule has 0 amide bonds. The van der Waals surface area contributed by atoms with E-state index in [0.717, 1.165) is 0 Å². The van der Waals surface area contributed by atoms with Gasteiger partial charge in [-0.15, -0.1) is 0 Å². The Kier molecular flexibility index (Phi) is 3.39. The average Bonchev–Trinajstić information content (AvgIpc) is 2.10. The Bertz CT molecular complexity index is 214. The lowest BCUT2D eigenvalue weighted by Crippen LogP contribution is -2.42. The van der Waals surface area contributed by atoms with Gasteiger partial charge in [-0.1, -0.05) is 13.8 Å². The first-order valence-corrected chi connectivity index (χ1v) is 5.28. The molecule has 1 aliphatic rings. The molecule has 0 bridgehead atoms. The van der Waals surface area contributed by atoms with Gasteiger partial charge < -0.3 is 4.74 Å². The second kappa shape index (κ2) is 3.96. The maximum Gasteiger partial charge on any atom is 0.394 e. The van der Waals surface area contributed by atoms with Crippen molar-refractivity contribution >= 4 is 0 Å². The van der Waals surface area contributed by atoms with Crippen molar-refractivity contribution in [3.05, 3.63) is 0 Å². The molecule has 0 N–H and O–H groups in total. The van der Waals surface area contributed by atoms with Gasteiger partial charge in [0, 0.05) is 7.11 Å². The van der Waals surface area contributed by atoms with Gasteiger partial charge >= 0.3 is 6.18 Å². The van der Waals surface area contributed by atoms with Gasteiger partial charge in [0.05, 0.1) is 12.0 Å². The van der Waals surface area contributed by atoms with Crippen molar-refractivity contribution < 1.29 is 17.9 Å². The zero-order chi connectivity index (χ0) is 11.7. The van der Waals surface area contributed by atoms with E-state index in [1.165, 1.54) is 6.92 Å². The quantitative estimate of drug-likeness (QED) is 0.693. The van der Waals surface area contributed by atoms with Crippen molar-refractivity contribution in [2.24, 2.45) is 10.8 Å². The fraction of sp³-hybridized carbons (Fsp3) is 1.00. The number of halogens is 3. The maximum atomic E-state index is 12.7. The van der Waals surface area contributed by atoms with E-state index >= 15 is 0 Å². The lowest BCUT2D eigenvalue weighted by atomic mass is 9.65. The number of ether oxygens (including phenoxy) is 1. The highest BCUT2D eigenvalue weighted by molar-refractivity contribution is 4.92. The topological polar surface area (TPSA) is 9.23 Å². The number of hydrogen-bond acceptors (Lipinski definition) is 1. The molecule has 0 aliphatic heterocycles. The van der Waals surface area contributed by atoms with E-state index < -0.39 is 11.6 Å². The zero-order valence-electron chi connectivity index (χ0n) is 9.58. The van der Waals surface area contributed by atoms with E-state index in [1.807, 2.05) is 6.92 Å². The van der Waals surface area contributed by atoms with Gasteiger partial charge in [0.25, 0.3) is 0 Å². The van der Waals surface area contributed by atoms with Crippen molar-refractivity contribution in [2.75, 3.05) is 13.7 Å². The molecule has 0 heterocycles. The lowest BCUT2D eigenvalue weighted by molar-refractivity contribution is -0.234. The summed E-state index contributed by atoms with van der Waals surface area (Å²) in [7, 11) is 1.60. The highest BCUT2D eigenvalue weighted by Crippen LogP contribution is 2.53. The number of alkyl halides is 3. The third kappa shape index (κ3) is 2.65. The molecule has 1 saturated carbocycles. The molecular formula is C11H19F3O. The SMILES string of the molecule is COC[C@]1(C)CC[C@](C)(C(F)(F)F)CC1. The average molecular weight is 224 g/mol. The predicted octanol–water partition coefficient (Wildman–Crippen LogP) is 3.78. The van der Waals surface area contributed by atoms with Crippen LogP contribution in [-0.4, -0.2) is 19.9 Å². The van der Waals surface area contributed by atoms with E-state index in [9.17, 15) is 13.2 Å². The molecule has 0 radical (unpaired) electrons. The zero-order valence-corrected chi connectivity index (χ0v) is 9.58. The smallest absolute Gasteiger partial charge is 0.384 e. The van der Waals surface area contributed by atoms with Crippen LogP contribution in [0.15, 0.2) is 0 Å². The summed E-state index contributed by atoms with van der Waals surface area (Å²) in [6.45, 7) is 3.90. The van der Waals surface area contributed by atoms with E-state index in [4.69, 9.17) is 4.74 Å². The lowest BCUT2D eigenvalue weighted by Gasteiger charge is -2.43. The molecule has 0 unspecified atom stereocenters. The van der Waals surface area contributed by atoms with Crippen LogP contribution in [0, 0.1) is 10.8 Å². The predicted molar refractivity (Wildman–Crippen MR) is 52.6 cm³/mol. The normalized spacial score (nSPS) is 38.0. The largest absolute Gasteiger partial charge is 0.394 e. The third-order valence-corrected chi connectivity index (χ3v) is 3.74. The molecule has 0 atom stereocenters. The van der Waals surface area contributed by atoms with Crippen LogP contribution in [0.1, 0.15) is 39.5 Å². The van der Waals surface area contributed by atoms with Gasteiger partial charge in [-0.2, -0.15) is 13.2 Å². The highest BCUT2D eigenvalue weighted by atomic mass is 19.4. The van der Waals surface area contributed by atoms with Crippen LogP contribution in [0.2, 0.25) is 0 Å². The van der Waals surface area contributed by atoms with Crippen molar-refractivity contribution in [2.45, 2.75) is 45.7 Å². The molecular weight excluding hydrogens is 205 g/mol. The summed E-state index contributed by atoms with van der Waals surface area (Å²) in [6, 6.07) is 0. The van der Waals surface area contributed by atoms with Crippen LogP contribution in [0.25, 0.3) is 0 Å². The summed E-state index contributed by atoms with van der Waals surface area (Å²) in [5.41, 5.74) is -1.56. The summed E-state index contributed by atoms with van der Waals surface area (Å²) in [4.78, 5) is 0. The second-order valence-corrected chi connectivity index (χ2v) is 5.30. The van der Waals surface area contributed by atoms with Gasteiger partial charge in [-0.05, 0) is 31.1 Å². The Morgan fingerprint density at radius 1 is 1.07 bits per heavy atom. The minimum Gasteiger partial charge on any atom is -0.384 e. The summed E-state index contributed by atoms with van der Waals surface area (Å²) < 4.78 is 43.3. The Morgan fingerprint density at radius 3 is 1.87 bits per heavy atom.